The first kappa shape index (κ1) is 14.8. The lowest BCUT2D eigenvalue weighted by Gasteiger charge is -2.40. The first-order valence-electron chi connectivity index (χ1n) is 7.85. The Hall–Kier alpha value is -2.15. The Morgan fingerprint density at radius 2 is 1.45 bits per heavy atom. The van der Waals surface area contributed by atoms with Crippen molar-refractivity contribution in [1.29, 1.82) is 0 Å². The summed E-state index contributed by atoms with van der Waals surface area (Å²) >= 11 is 0. The number of ketones is 1. The van der Waals surface area contributed by atoms with Gasteiger partial charge in [-0.3, -0.25) is 4.79 Å². The summed E-state index contributed by atoms with van der Waals surface area (Å²) in [6, 6.07) is 20.6. The van der Waals surface area contributed by atoms with Crippen LogP contribution in [-0.4, -0.2) is 5.78 Å². The highest BCUT2D eigenvalue weighted by Gasteiger charge is 2.40. The second-order valence-electron chi connectivity index (χ2n) is 6.86. The smallest absolute Gasteiger partial charge is 0.164 e. The van der Waals surface area contributed by atoms with Crippen molar-refractivity contribution >= 4 is 11.4 Å². The van der Waals surface area contributed by atoms with E-state index in [1.54, 1.807) is 0 Å². The van der Waals surface area contributed by atoms with Crippen LogP contribution in [0, 0.1) is 5.41 Å². The third-order valence-electron chi connectivity index (χ3n) is 4.70. The maximum atomic E-state index is 12.7. The second-order valence-corrected chi connectivity index (χ2v) is 6.86. The molecule has 1 heteroatoms. The molecule has 0 aromatic heterocycles. The topological polar surface area (TPSA) is 17.1 Å². The second kappa shape index (κ2) is 5.57. The lowest BCUT2D eigenvalue weighted by atomic mass is 9.63. The Morgan fingerprint density at radius 1 is 0.909 bits per heavy atom. The van der Waals surface area contributed by atoms with Crippen LogP contribution in [0.2, 0.25) is 0 Å². The van der Waals surface area contributed by atoms with E-state index in [1.807, 2.05) is 36.4 Å². The average molecular weight is 290 g/mol. The van der Waals surface area contributed by atoms with E-state index in [1.165, 1.54) is 11.1 Å². The van der Waals surface area contributed by atoms with Crippen molar-refractivity contribution in [3.8, 4) is 0 Å². The number of benzene rings is 2. The van der Waals surface area contributed by atoms with Crippen LogP contribution >= 0.6 is 0 Å². The Bertz CT molecular complexity index is 708. The van der Waals surface area contributed by atoms with Crippen LogP contribution in [0.5, 0.6) is 0 Å². The zero-order valence-electron chi connectivity index (χ0n) is 13.5. The van der Waals surface area contributed by atoms with Gasteiger partial charge in [-0.05, 0) is 23.5 Å². The molecule has 1 nitrogen and oxygen atoms in total. The normalized spacial score (nSPS) is 21.0. The molecule has 2 aromatic rings. The molecule has 0 radical (unpaired) electrons. The standard InChI is InChI=1S/C21H22O/c1-15-19(16-10-6-4-7-11-16)18(22)14-21(2,3)20(15)17-12-8-5-9-13-17/h4-13,20H,14H2,1-3H3. The molecule has 0 fully saturated rings. The number of Topliss-reactive ketones (excluding diaryl/α,β-unsaturated/α-hetero) is 1. The van der Waals surface area contributed by atoms with E-state index in [0.717, 1.165) is 11.1 Å². The summed E-state index contributed by atoms with van der Waals surface area (Å²) in [4.78, 5) is 12.7. The number of hydrogen-bond donors (Lipinski definition) is 0. The van der Waals surface area contributed by atoms with Gasteiger partial charge >= 0.3 is 0 Å². The number of hydrogen-bond acceptors (Lipinski definition) is 1. The highest BCUT2D eigenvalue weighted by atomic mass is 16.1. The molecule has 0 bridgehead atoms. The predicted octanol–water partition coefficient (Wildman–Crippen LogP) is 5.24. The number of carbonyl (C=O) groups is 1. The largest absolute Gasteiger partial charge is 0.294 e. The Balaban J connectivity index is 2.19. The lowest BCUT2D eigenvalue weighted by Crippen LogP contribution is -2.32. The first-order valence-corrected chi connectivity index (χ1v) is 7.85. The zero-order chi connectivity index (χ0) is 15.7. The molecule has 0 aliphatic heterocycles. The van der Waals surface area contributed by atoms with Gasteiger partial charge in [0.2, 0.25) is 0 Å². The van der Waals surface area contributed by atoms with Crippen molar-refractivity contribution in [1.82, 2.24) is 0 Å². The molecule has 1 atom stereocenters. The van der Waals surface area contributed by atoms with Crippen LogP contribution in [0.1, 0.15) is 44.2 Å². The van der Waals surface area contributed by atoms with Gasteiger partial charge in [-0.1, -0.05) is 80.1 Å². The van der Waals surface area contributed by atoms with E-state index < -0.39 is 0 Å². The van der Waals surface area contributed by atoms with Crippen molar-refractivity contribution in [3.05, 3.63) is 77.4 Å². The third kappa shape index (κ3) is 2.52. The fourth-order valence-corrected chi connectivity index (χ4v) is 3.89. The van der Waals surface area contributed by atoms with E-state index in [-0.39, 0.29) is 17.1 Å². The van der Waals surface area contributed by atoms with Crippen molar-refractivity contribution < 1.29 is 4.79 Å². The van der Waals surface area contributed by atoms with Gasteiger partial charge in [0.05, 0.1) is 0 Å². The van der Waals surface area contributed by atoms with E-state index in [0.29, 0.717) is 6.42 Å². The molecule has 2 aromatic carbocycles. The molecule has 0 N–H and O–H groups in total. The molecule has 0 amide bonds. The summed E-state index contributed by atoms with van der Waals surface area (Å²) in [5.74, 6) is 0.544. The van der Waals surface area contributed by atoms with E-state index in [9.17, 15) is 4.79 Å². The Labute approximate surface area is 132 Å². The van der Waals surface area contributed by atoms with Gasteiger partial charge in [0.25, 0.3) is 0 Å². The molecule has 1 unspecified atom stereocenters. The van der Waals surface area contributed by atoms with Crippen LogP contribution in [0.25, 0.3) is 5.57 Å². The molecular weight excluding hydrogens is 268 g/mol. The zero-order valence-corrected chi connectivity index (χ0v) is 13.5. The Kier molecular flexibility index (Phi) is 3.74. The molecule has 0 heterocycles. The lowest BCUT2D eigenvalue weighted by molar-refractivity contribution is -0.116. The first-order chi connectivity index (χ1) is 10.5. The Morgan fingerprint density at radius 3 is 2.05 bits per heavy atom. The average Bonchev–Trinajstić information content (AvgIpc) is 2.48. The molecule has 0 saturated heterocycles. The van der Waals surface area contributed by atoms with Crippen molar-refractivity contribution in [2.45, 2.75) is 33.1 Å². The highest BCUT2D eigenvalue weighted by molar-refractivity contribution is 6.22. The summed E-state index contributed by atoms with van der Waals surface area (Å²) < 4.78 is 0. The van der Waals surface area contributed by atoms with Gasteiger partial charge in [-0.25, -0.2) is 0 Å². The van der Waals surface area contributed by atoms with Gasteiger partial charge in [0, 0.05) is 17.9 Å². The SMILES string of the molecule is CC1=C(c2ccccc2)C(=O)CC(C)(C)C1c1ccccc1. The number of rotatable bonds is 2. The number of allylic oxidation sites excluding steroid dienone is 2. The minimum Gasteiger partial charge on any atom is -0.294 e. The molecule has 0 saturated carbocycles. The summed E-state index contributed by atoms with van der Waals surface area (Å²) in [5.41, 5.74) is 4.39. The van der Waals surface area contributed by atoms with Gasteiger partial charge in [0.15, 0.2) is 5.78 Å². The monoisotopic (exact) mass is 290 g/mol. The fourth-order valence-electron chi connectivity index (χ4n) is 3.89. The van der Waals surface area contributed by atoms with Gasteiger partial charge in [-0.2, -0.15) is 0 Å². The maximum absolute atomic E-state index is 12.7. The molecule has 1 aliphatic rings. The van der Waals surface area contributed by atoms with E-state index >= 15 is 0 Å². The van der Waals surface area contributed by atoms with Crippen LogP contribution < -0.4 is 0 Å². The highest BCUT2D eigenvalue weighted by Crippen LogP contribution is 2.50. The molecule has 0 spiro atoms. The molecular formula is C21H22O. The van der Waals surface area contributed by atoms with Gasteiger partial charge in [0.1, 0.15) is 0 Å². The van der Waals surface area contributed by atoms with Crippen LogP contribution in [0.15, 0.2) is 66.2 Å². The number of carbonyl (C=O) groups excluding carboxylic acids is 1. The summed E-state index contributed by atoms with van der Waals surface area (Å²) in [6.45, 7) is 6.53. The molecule has 3 rings (SSSR count). The van der Waals surface area contributed by atoms with Crippen molar-refractivity contribution in [2.75, 3.05) is 0 Å². The summed E-state index contributed by atoms with van der Waals surface area (Å²) in [5, 5.41) is 0. The third-order valence-corrected chi connectivity index (χ3v) is 4.70. The van der Waals surface area contributed by atoms with Gasteiger partial charge in [-0.15, -0.1) is 0 Å². The fraction of sp³-hybridized carbons (Fsp3) is 0.286. The molecule has 112 valence electrons. The summed E-state index contributed by atoms with van der Waals surface area (Å²) in [6.07, 6.45) is 0.591. The maximum Gasteiger partial charge on any atom is 0.164 e. The van der Waals surface area contributed by atoms with Crippen LogP contribution in [-0.2, 0) is 4.79 Å². The summed E-state index contributed by atoms with van der Waals surface area (Å²) in [7, 11) is 0. The predicted molar refractivity (Wildman–Crippen MR) is 91.6 cm³/mol. The van der Waals surface area contributed by atoms with E-state index in [2.05, 4.69) is 45.0 Å². The molecule has 22 heavy (non-hydrogen) atoms. The minimum absolute atomic E-state index is 0.0548. The van der Waals surface area contributed by atoms with Crippen molar-refractivity contribution in [3.63, 3.8) is 0 Å². The molecule has 1 aliphatic carbocycles. The van der Waals surface area contributed by atoms with Crippen molar-refractivity contribution in [2.24, 2.45) is 5.41 Å². The quantitative estimate of drug-likeness (QED) is 0.739. The van der Waals surface area contributed by atoms with Gasteiger partial charge < -0.3 is 0 Å². The minimum atomic E-state index is -0.0548. The van der Waals surface area contributed by atoms with Crippen LogP contribution in [0.3, 0.4) is 0 Å². The van der Waals surface area contributed by atoms with E-state index in [4.69, 9.17) is 0 Å². The van der Waals surface area contributed by atoms with Crippen LogP contribution in [0.4, 0.5) is 0 Å².